The number of sulfonamides is 1. The van der Waals surface area contributed by atoms with E-state index in [9.17, 15) is 13.2 Å². The monoisotopic (exact) mass is 438 g/mol. The Balaban J connectivity index is 2.17. The van der Waals surface area contributed by atoms with Crippen molar-refractivity contribution in [2.45, 2.75) is 24.8 Å². The van der Waals surface area contributed by atoms with Crippen LogP contribution < -0.4 is 10.2 Å². The van der Waals surface area contributed by atoms with Crippen molar-refractivity contribution >= 4 is 27.5 Å². The highest BCUT2D eigenvalue weighted by molar-refractivity contribution is 7.89. The van der Waals surface area contributed by atoms with Gasteiger partial charge in [0.05, 0.1) is 24.5 Å². The minimum atomic E-state index is -3.52. The van der Waals surface area contributed by atoms with Gasteiger partial charge in [0, 0.05) is 30.2 Å². The van der Waals surface area contributed by atoms with E-state index < -0.39 is 10.0 Å². The van der Waals surface area contributed by atoms with E-state index in [1.807, 2.05) is 24.3 Å². The molecule has 2 rings (SSSR count). The number of benzene rings is 2. The Morgan fingerprint density at radius 1 is 1.07 bits per heavy atom. The maximum absolute atomic E-state index is 12.6. The van der Waals surface area contributed by atoms with E-state index in [-0.39, 0.29) is 16.8 Å². The molecule has 0 heterocycles. The molecule has 1 amide bonds. The van der Waals surface area contributed by atoms with E-state index >= 15 is 0 Å². The molecule has 0 bridgehead atoms. The molecule has 8 heteroatoms. The first kappa shape index (κ1) is 23.3. The first-order valence-electron chi connectivity index (χ1n) is 9.62. The van der Waals surface area contributed by atoms with Crippen molar-refractivity contribution in [2.75, 3.05) is 33.7 Å². The van der Waals surface area contributed by atoms with Gasteiger partial charge in [-0.05, 0) is 44.2 Å². The van der Waals surface area contributed by atoms with E-state index in [1.165, 1.54) is 43.3 Å². The lowest BCUT2D eigenvalue weighted by molar-refractivity contribution is -0.927. The SMILES string of the molecule is CC[NH+](CC)[C@@H](CNC(=O)c1ccc(S(=O)(=O)N(C)C)cc1)c1ccccc1Cl. The van der Waals surface area contributed by atoms with Crippen LogP contribution in [-0.2, 0) is 10.0 Å². The Morgan fingerprint density at radius 3 is 2.17 bits per heavy atom. The van der Waals surface area contributed by atoms with Gasteiger partial charge in [-0.3, -0.25) is 4.79 Å². The number of amides is 1. The average molecular weight is 439 g/mol. The van der Waals surface area contributed by atoms with Gasteiger partial charge in [-0.25, -0.2) is 12.7 Å². The number of carbonyl (C=O) groups is 1. The molecule has 0 fully saturated rings. The summed E-state index contributed by atoms with van der Waals surface area (Å²) >= 11 is 6.41. The van der Waals surface area contributed by atoms with Gasteiger partial charge >= 0.3 is 0 Å². The molecular formula is C21H29ClN3O3S+. The molecule has 6 nitrogen and oxygen atoms in total. The van der Waals surface area contributed by atoms with Crippen LogP contribution in [0.1, 0.15) is 35.8 Å². The summed E-state index contributed by atoms with van der Waals surface area (Å²) in [6.07, 6.45) is 0. The summed E-state index contributed by atoms with van der Waals surface area (Å²) in [6.45, 7) is 6.44. The number of carbonyl (C=O) groups excluding carboxylic acids is 1. The molecule has 158 valence electrons. The number of halogens is 1. The molecule has 0 aliphatic rings. The predicted molar refractivity (Wildman–Crippen MR) is 116 cm³/mol. The van der Waals surface area contributed by atoms with Crippen LogP contribution in [0, 0.1) is 0 Å². The Morgan fingerprint density at radius 2 is 1.66 bits per heavy atom. The maximum Gasteiger partial charge on any atom is 0.251 e. The maximum atomic E-state index is 12.6. The molecule has 0 spiro atoms. The van der Waals surface area contributed by atoms with Gasteiger partial charge in [-0.1, -0.05) is 29.8 Å². The summed E-state index contributed by atoms with van der Waals surface area (Å²) in [5.74, 6) is -0.248. The highest BCUT2D eigenvalue weighted by Gasteiger charge is 2.25. The number of hydrogen-bond donors (Lipinski definition) is 2. The second-order valence-electron chi connectivity index (χ2n) is 6.96. The first-order chi connectivity index (χ1) is 13.7. The standard InChI is InChI=1S/C21H28ClN3O3S/c1-5-25(6-2)20(18-9-7-8-10-19(18)22)15-23-21(26)16-11-13-17(14-12-16)29(27,28)24(3)4/h7-14,20H,5-6,15H2,1-4H3,(H,23,26)/p+1/t20-/m0/s1. The molecule has 2 aromatic carbocycles. The van der Waals surface area contributed by atoms with Gasteiger partial charge < -0.3 is 10.2 Å². The molecule has 0 aliphatic carbocycles. The number of quaternary nitrogens is 1. The highest BCUT2D eigenvalue weighted by Crippen LogP contribution is 2.21. The van der Waals surface area contributed by atoms with Gasteiger partial charge in [-0.15, -0.1) is 0 Å². The van der Waals surface area contributed by atoms with Gasteiger partial charge in [0.15, 0.2) is 0 Å². The Bertz CT molecular complexity index is 926. The summed E-state index contributed by atoms with van der Waals surface area (Å²) < 4.78 is 25.5. The molecule has 1 atom stereocenters. The van der Waals surface area contributed by atoms with Crippen LogP contribution >= 0.6 is 11.6 Å². The second kappa shape index (κ2) is 10.2. The predicted octanol–water partition coefficient (Wildman–Crippen LogP) is 1.99. The van der Waals surface area contributed by atoms with Crippen molar-refractivity contribution in [1.29, 1.82) is 0 Å². The molecule has 2 aromatic rings. The number of nitrogens with one attached hydrogen (secondary N) is 2. The number of hydrogen-bond acceptors (Lipinski definition) is 3. The molecule has 0 aliphatic heterocycles. The van der Waals surface area contributed by atoms with E-state index in [4.69, 9.17) is 11.6 Å². The number of nitrogens with zero attached hydrogens (tertiary/aromatic N) is 1. The Labute approximate surface area is 178 Å². The minimum Gasteiger partial charge on any atom is -0.346 e. The summed E-state index contributed by atoms with van der Waals surface area (Å²) in [5, 5.41) is 3.66. The van der Waals surface area contributed by atoms with Crippen LogP contribution in [0.4, 0.5) is 0 Å². The van der Waals surface area contributed by atoms with Gasteiger partial charge in [0.1, 0.15) is 6.04 Å². The third-order valence-corrected chi connectivity index (χ3v) is 7.22. The fourth-order valence-electron chi connectivity index (χ4n) is 3.26. The molecule has 0 unspecified atom stereocenters. The summed E-state index contributed by atoms with van der Waals surface area (Å²) in [4.78, 5) is 14.1. The van der Waals surface area contributed by atoms with Crippen LogP contribution in [0.15, 0.2) is 53.4 Å². The second-order valence-corrected chi connectivity index (χ2v) is 9.52. The van der Waals surface area contributed by atoms with Crippen molar-refractivity contribution in [3.8, 4) is 0 Å². The Kier molecular flexibility index (Phi) is 8.22. The molecule has 29 heavy (non-hydrogen) atoms. The smallest absolute Gasteiger partial charge is 0.251 e. The van der Waals surface area contributed by atoms with Crippen LogP contribution in [-0.4, -0.2) is 52.4 Å². The van der Waals surface area contributed by atoms with Crippen LogP contribution in [0.3, 0.4) is 0 Å². The zero-order valence-corrected chi connectivity index (χ0v) is 18.8. The molecule has 0 saturated carbocycles. The molecule has 2 N–H and O–H groups in total. The van der Waals surface area contributed by atoms with Crippen molar-refractivity contribution in [2.24, 2.45) is 0 Å². The normalized spacial score (nSPS) is 12.9. The van der Waals surface area contributed by atoms with Crippen molar-refractivity contribution in [3.05, 3.63) is 64.7 Å². The largest absolute Gasteiger partial charge is 0.346 e. The van der Waals surface area contributed by atoms with Crippen LogP contribution in [0.5, 0.6) is 0 Å². The molecule has 0 aromatic heterocycles. The molecule has 0 radical (unpaired) electrons. The zero-order valence-electron chi connectivity index (χ0n) is 17.3. The van der Waals surface area contributed by atoms with E-state index in [2.05, 4.69) is 19.2 Å². The van der Waals surface area contributed by atoms with E-state index in [1.54, 1.807) is 0 Å². The van der Waals surface area contributed by atoms with Crippen LogP contribution in [0.25, 0.3) is 0 Å². The van der Waals surface area contributed by atoms with Crippen molar-refractivity contribution in [3.63, 3.8) is 0 Å². The third-order valence-electron chi connectivity index (χ3n) is 5.04. The van der Waals surface area contributed by atoms with Gasteiger partial charge in [-0.2, -0.15) is 0 Å². The third kappa shape index (κ3) is 5.57. The van der Waals surface area contributed by atoms with Crippen LogP contribution in [0.2, 0.25) is 5.02 Å². The lowest BCUT2D eigenvalue weighted by Gasteiger charge is -2.28. The first-order valence-corrected chi connectivity index (χ1v) is 11.4. The van der Waals surface area contributed by atoms with Gasteiger partial charge in [0.25, 0.3) is 5.91 Å². The van der Waals surface area contributed by atoms with Gasteiger partial charge in [0.2, 0.25) is 10.0 Å². The summed E-state index contributed by atoms with van der Waals surface area (Å²) in [7, 11) is -0.575. The Hall–Kier alpha value is -1.93. The highest BCUT2D eigenvalue weighted by atomic mass is 35.5. The number of likely N-dealkylation sites (N-methyl/N-ethyl adjacent to an activating group) is 1. The van der Waals surface area contributed by atoms with Crippen molar-refractivity contribution < 1.29 is 18.1 Å². The van der Waals surface area contributed by atoms with E-state index in [0.717, 1.165) is 23.0 Å². The zero-order chi connectivity index (χ0) is 21.6. The summed E-state index contributed by atoms with van der Waals surface area (Å²) in [5.41, 5.74) is 1.41. The lowest BCUT2D eigenvalue weighted by Crippen LogP contribution is -3.12. The average Bonchev–Trinajstić information content (AvgIpc) is 2.71. The topological polar surface area (TPSA) is 70.9 Å². The van der Waals surface area contributed by atoms with E-state index in [0.29, 0.717) is 17.1 Å². The summed E-state index contributed by atoms with van der Waals surface area (Å²) in [6, 6.07) is 13.7. The quantitative estimate of drug-likeness (QED) is 0.629. The molecular weight excluding hydrogens is 410 g/mol. The minimum absolute atomic E-state index is 0.0241. The fourth-order valence-corrected chi connectivity index (χ4v) is 4.43. The van der Waals surface area contributed by atoms with Crippen molar-refractivity contribution in [1.82, 2.24) is 9.62 Å². The fraction of sp³-hybridized carbons (Fsp3) is 0.381. The lowest BCUT2D eigenvalue weighted by atomic mass is 10.0. The molecule has 0 saturated heterocycles. The number of rotatable bonds is 9.